The third-order valence-electron chi connectivity index (χ3n) is 2.69. The van der Waals surface area contributed by atoms with E-state index in [4.69, 9.17) is 16.2 Å². The van der Waals surface area contributed by atoms with Crippen molar-refractivity contribution in [3.63, 3.8) is 0 Å². The maximum atomic E-state index is 5.83. The molecule has 0 saturated carbocycles. The number of rotatable bonds is 2. The molecular weight excluding hydrogens is 278 g/mol. The van der Waals surface area contributed by atoms with Gasteiger partial charge in [0.05, 0.1) is 12.8 Å². The molecule has 0 spiro atoms. The Balaban J connectivity index is 0.00000200. The van der Waals surface area contributed by atoms with Crippen molar-refractivity contribution < 1.29 is 4.74 Å². The van der Waals surface area contributed by atoms with Crippen LogP contribution in [0.4, 0.5) is 5.69 Å². The number of halogens is 1. The van der Waals surface area contributed by atoms with Crippen LogP contribution in [-0.2, 0) is 0 Å². The van der Waals surface area contributed by atoms with Crippen LogP contribution in [-0.4, -0.2) is 37.0 Å². The Morgan fingerprint density at radius 2 is 1.75 bits per heavy atom. The zero-order chi connectivity index (χ0) is 13.7. The fourth-order valence-corrected chi connectivity index (χ4v) is 1.67. The van der Waals surface area contributed by atoms with E-state index in [1.165, 1.54) is 0 Å². The summed E-state index contributed by atoms with van der Waals surface area (Å²) in [7, 11) is 1.61. The Morgan fingerprint density at radius 3 is 2.30 bits per heavy atom. The van der Waals surface area contributed by atoms with Crippen LogP contribution in [0, 0.1) is 0 Å². The zero-order valence-electron chi connectivity index (χ0n) is 11.2. The number of ether oxygens (including phenoxy) is 1. The van der Waals surface area contributed by atoms with Crippen LogP contribution in [0.15, 0.2) is 46.4 Å². The summed E-state index contributed by atoms with van der Waals surface area (Å²) in [6.45, 7) is 1.51. The minimum Gasteiger partial charge on any atom is -0.497 e. The number of aliphatic imine (C=N–C) groups is 2. The van der Waals surface area contributed by atoms with Crippen LogP contribution in [0.3, 0.4) is 0 Å². The van der Waals surface area contributed by atoms with Gasteiger partial charge in [-0.15, -0.1) is 12.4 Å². The van der Waals surface area contributed by atoms with Gasteiger partial charge in [0.1, 0.15) is 5.75 Å². The Morgan fingerprint density at radius 1 is 1.15 bits per heavy atom. The lowest BCUT2D eigenvalue weighted by atomic mass is 10.3. The lowest BCUT2D eigenvalue weighted by Crippen LogP contribution is -2.36. The van der Waals surface area contributed by atoms with E-state index in [-0.39, 0.29) is 18.4 Å². The Labute approximate surface area is 124 Å². The molecule has 0 radical (unpaired) electrons. The van der Waals surface area contributed by atoms with Gasteiger partial charge in [-0.2, -0.15) is 4.99 Å². The highest BCUT2D eigenvalue weighted by Crippen LogP contribution is 2.17. The van der Waals surface area contributed by atoms with Crippen LogP contribution in [0.5, 0.6) is 5.75 Å². The number of nitrogens with zero attached hydrogens (tertiary/aromatic N) is 3. The summed E-state index contributed by atoms with van der Waals surface area (Å²) < 4.78 is 5.07. The lowest BCUT2D eigenvalue weighted by molar-refractivity contribution is 0.415. The molecule has 1 aromatic rings. The molecule has 6 nitrogen and oxygen atoms in total. The van der Waals surface area contributed by atoms with Gasteiger partial charge in [-0.05, 0) is 24.3 Å². The van der Waals surface area contributed by atoms with Crippen molar-refractivity contribution in [3.8, 4) is 5.75 Å². The fourth-order valence-electron chi connectivity index (χ4n) is 1.67. The number of hydrogen-bond donors (Lipinski definition) is 2. The van der Waals surface area contributed by atoms with Crippen LogP contribution in [0.2, 0.25) is 0 Å². The van der Waals surface area contributed by atoms with Crippen LogP contribution >= 0.6 is 12.4 Å². The van der Waals surface area contributed by atoms with Gasteiger partial charge in [0, 0.05) is 13.1 Å². The topological polar surface area (TPSA) is 89.2 Å². The van der Waals surface area contributed by atoms with Crippen molar-refractivity contribution in [2.75, 3.05) is 20.2 Å². The first-order valence-corrected chi connectivity index (χ1v) is 5.91. The molecule has 0 amide bonds. The maximum Gasteiger partial charge on any atom is 0.223 e. The minimum atomic E-state index is 0. The monoisotopic (exact) mass is 295 g/mol. The second-order valence-corrected chi connectivity index (χ2v) is 4.01. The molecule has 2 rings (SSSR count). The van der Waals surface area contributed by atoms with E-state index in [1.807, 2.05) is 29.2 Å². The highest BCUT2D eigenvalue weighted by atomic mass is 35.5. The van der Waals surface area contributed by atoms with Gasteiger partial charge in [-0.3, -0.25) is 0 Å². The second-order valence-electron chi connectivity index (χ2n) is 4.01. The number of methoxy groups -OCH3 is 1. The molecule has 1 aromatic carbocycles. The van der Waals surface area contributed by atoms with Gasteiger partial charge in [-0.25, -0.2) is 4.99 Å². The summed E-state index contributed by atoms with van der Waals surface area (Å²) in [5.74, 6) is 1.28. The molecule has 1 heterocycles. The molecule has 20 heavy (non-hydrogen) atoms. The van der Waals surface area contributed by atoms with Crippen LogP contribution in [0.25, 0.3) is 0 Å². The molecule has 108 valence electrons. The Bertz CT molecular complexity index is 516. The molecule has 0 aliphatic carbocycles. The van der Waals surface area contributed by atoms with E-state index < -0.39 is 0 Å². The third-order valence-corrected chi connectivity index (χ3v) is 2.69. The Kier molecular flexibility index (Phi) is 5.86. The normalized spacial score (nSPS) is 15.2. The highest BCUT2D eigenvalue weighted by molar-refractivity contribution is 5.94. The predicted octanol–water partition coefficient (Wildman–Crippen LogP) is 1.25. The van der Waals surface area contributed by atoms with Crippen molar-refractivity contribution in [2.45, 2.75) is 0 Å². The summed E-state index contributed by atoms with van der Waals surface area (Å²) in [5.41, 5.74) is 12.3. The van der Waals surface area contributed by atoms with Gasteiger partial charge >= 0.3 is 0 Å². The average molecular weight is 296 g/mol. The average Bonchev–Trinajstić information content (AvgIpc) is 2.93. The molecule has 7 heteroatoms. The van der Waals surface area contributed by atoms with E-state index >= 15 is 0 Å². The second kappa shape index (κ2) is 7.40. The van der Waals surface area contributed by atoms with Gasteiger partial charge in [0.15, 0.2) is 5.96 Å². The summed E-state index contributed by atoms with van der Waals surface area (Å²) in [6.07, 6.45) is 4.05. The summed E-state index contributed by atoms with van der Waals surface area (Å²) in [4.78, 5) is 10.1. The maximum absolute atomic E-state index is 5.83. The standard InChI is InChI=1S/C13H17N5O.ClH/c1-19-11-6-4-10(5-7-11)16-12(14)17-13(15)18-8-2-3-9-18;/h2-7H,8-9H2,1H3,(H4,14,15,16,17);1H. The molecule has 1 aliphatic heterocycles. The van der Waals surface area contributed by atoms with Gasteiger partial charge < -0.3 is 21.1 Å². The van der Waals surface area contributed by atoms with Crippen molar-refractivity contribution >= 4 is 30.0 Å². The summed E-state index contributed by atoms with van der Waals surface area (Å²) in [6, 6.07) is 7.22. The highest BCUT2D eigenvalue weighted by Gasteiger charge is 2.08. The molecule has 4 N–H and O–H groups in total. The first-order valence-electron chi connectivity index (χ1n) is 5.91. The van der Waals surface area contributed by atoms with Crippen molar-refractivity contribution in [3.05, 3.63) is 36.4 Å². The van der Waals surface area contributed by atoms with Crippen molar-refractivity contribution in [1.29, 1.82) is 0 Å². The zero-order valence-corrected chi connectivity index (χ0v) is 12.0. The quantitative estimate of drug-likeness (QED) is 0.488. The largest absolute Gasteiger partial charge is 0.497 e. The van der Waals surface area contributed by atoms with Crippen LogP contribution < -0.4 is 16.2 Å². The first kappa shape index (κ1) is 15.8. The van der Waals surface area contributed by atoms with Gasteiger partial charge in [0.2, 0.25) is 5.96 Å². The van der Waals surface area contributed by atoms with E-state index in [9.17, 15) is 0 Å². The smallest absolute Gasteiger partial charge is 0.223 e. The van der Waals surface area contributed by atoms with Crippen LogP contribution in [0.1, 0.15) is 0 Å². The summed E-state index contributed by atoms with van der Waals surface area (Å²) >= 11 is 0. The fraction of sp³-hybridized carbons (Fsp3) is 0.231. The van der Waals surface area contributed by atoms with E-state index in [2.05, 4.69) is 9.98 Å². The van der Waals surface area contributed by atoms with Crippen molar-refractivity contribution in [1.82, 2.24) is 4.90 Å². The third kappa shape index (κ3) is 4.17. The molecule has 0 saturated heterocycles. The van der Waals surface area contributed by atoms with E-state index in [0.717, 1.165) is 18.8 Å². The molecule has 0 bridgehead atoms. The molecular formula is C13H18ClN5O. The van der Waals surface area contributed by atoms with Crippen molar-refractivity contribution in [2.24, 2.45) is 21.5 Å². The number of nitrogens with two attached hydrogens (primary N) is 2. The summed E-state index contributed by atoms with van der Waals surface area (Å²) in [5, 5.41) is 0. The molecule has 0 unspecified atom stereocenters. The number of hydrogen-bond acceptors (Lipinski definition) is 2. The first-order chi connectivity index (χ1) is 9.19. The van der Waals surface area contributed by atoms with E-state index in [0.29, 0.717) is 11.6 Å². The lowest BCUT2D eigenvalue weighted by Gasteiger charge is -2.15. The number of guanidine groups is 2. The molecule has 0 aromatic heterocycles. The molecule has 0 fully saturated rings. The minimum absolute atomic E-state index is 0. The van der Waals surface area contributed by atoms with E-state index in [1.54, 1.807) is 19.2 Å². The SMILES string of the molecule is COc1ccc(N=C(N)N=C(N)N2CC=CC2)cc1.Cl. The molecule has 0 atom stereocenters. The number of benzene rings is 1. The Hall–Kier alpha value is -2.21. The molecule has 1 aliphatic rings. The van der Waals surface area contributed by atoms with Gasteiger partial charge in [0.25, 0.3) is 0 Å². The predicted molar refractivity (Wildman–Crippen MR) is 83.9 cm³/mol. The van der Waals surface area contributed by atoms with Gasteiger partial charge in [-0.1, -0.05) is 12.2 Å².